The SMILES string of the molecule is COc1ccc(OCC(=O)O[C@H](C(=O)NC2CC2)c2ccccc2)cc1. The maximum atomic E-state index is 12.4. The highest BCUT2D eigenvalue weighted by Crippen LogP contribution is 2.23. The molecule has 0 saturated heterocycles. The number of hydrogen-bond acceptors (Lipinski definition) is 5. The van der Waals surface area contributed by atoms with E-state index in [0.717, 1.165) is 12.8 Å². The van der Waals surface area contributed by atoms with Crippen LogP contribution in [0.3, 0.4) is 0 Å². The highest BCUT2D eigenvalue weighted by atomic mass is 16.6. The molecule has 2 aromatic rings. The molecule has 0 bridgehead atoms. The number of hydrogen-bond donors (Lipinski definition) is 1. The second-order valence-corrected chi connectivity index (χ2v) is 6.03. The molecule has 3 rings (SSSR count). The predicted octanol–water partition coefficient (Wildman–Crippen LogP) is 2.64. The Kier molecular flexibility index (Phi) is 5.73. The van der Waals surface area contributed by atoms with Crippen LogP contribution in [-0.2, 0) is 14.3 Å². The predicted molar refractivity (Wildman–Crippen MR) is 94.9 cm³/mol. The van der Waals surface area contributed by atoms with Crippen molar-refractivity contribution < 1.29 is 23.8 Å². The van der Waals surface area contributed by atoms with Crippen molar-refractivity contribution in [3.63, 3.8) is 0 Å². The van der Waals surface area contributed by atoms with Gasteiger partial charge in [-0.25, -0.2) is 4.79 Å². The number of ether oxygens (including phenoxy) is 3. The Balaban J connectivity index is 1.59. The molecule has 136 valence electrons. The molecule has 26 heavy (non-hydrogen) atoms. The monoisotopic (exact) mass is 355 g/mol. The van der Waals surface area contributed by atoms with Gasteiger partial charge < -0.3 is 19.5 Å². The Hall–Kier alpha value is -3.02. The van der Waals surface area contributed by atoms with Gasteiger partial charge in [0.05, 0.1) is 7.11 Å². The van der Waals surface area contributed by atoms with Crippen LogP contribution < -0.4 is 14.8 Å². The van der Waals surface area contributed by atoms with Gasteiger partial charge in [-0.3, -0.25) is 4.79 Å². The lowest BCUT2D eigenvalue weighted by atomic mass is 10.1. The van der Waals surface area contributed by atoms with Gasteiger partial charge in [0.25, 0.3) is 5.91 Å². The average molecular weight is 355 g/mol. The Bertz CT molecular complexity index is 741. The van der Waals surface area contributed by atoms with Gasteiger partial charge in [-0.05, 0) is 37.1 Å². The first-order valence-corrected chi connectivity index (χ1v) is 8.47. The fraction of sp³-hybridized carbons (Fsp3) is 0.300. The van der Waals surface area contributed by atoms with Gasteiger partial charge >= 0.3 is 5.97 Å². The van der Waals surface area contributed by atoms with Crippen LogP contribution in [0.4, 0.5) is 0 Å². The summed E-state index contributed by atoms with van der Waals surface area (Å²) >= 11 is 0. The minimum absolute atomic E-state index is 0.183. The minimum Gasteiger partial charge on any atom is -0.497 e. The molecule has 0 heterocycles. The van der Waals surface area contributed by atoms with Crippen LogP contribution in [0.15, 0.2) is 54.6 Å². The van der Waals surface area contributed by atoms with Crippen molar-refractivity contribution in [3.05, 3.63) is 60.2 Å². The summed E-state index contributed by atoms with van der Waals surface area (Å²) in [6, 6.07) is 16.0. The summed E-state index contributed by atoms with van der Waals surface area (Å²) in [5.41, 5.74) is 0.628. The maximum Gasteiger partial charge on any atom is 0.345 e. The fourth-order valence-electron chi connectivity index (χ4n) is 2.38. The van der Waals surface area contributed by atoms with E-state index >= 15 is 0 Å². The summed E-state index contributed by atoms with van der Waals surface area (Å²) in [6.07, 6.45) is 0.938. The van der Waals surface area contributed by atoms with E-state index in [1.807, 2.05) is 6.07 Å². The Morgan fingerprint density at radius 2 is 1.69 bits per heavy atom. The van der Waals surface area contributed by atoms with Crippen LogP contribution >= 0.6 is 0 Å². The summed E-state index contributed by atoms with van der Waals surface area (Å²) in [4.78, 5) is 24.6. The summed E-state index contributed by atoms with van der Waals surface area (Å²) in [5, 5.41) is 2.87. The van der Waals surface area contributed by atoms with E-state index in [2.05, 4.69) is 5.32 Å². The van der Waals surface area contributed by atoms with Gasteiger partial charge in [-0.2, -0.15) is 0 Å². The highest BCUT2D eigenvalue weighted by Gasteiger charge is 2.30. The second kappa shape index (κ2) is 8.38. The van der Waals surface area contributed by atoms with Crippen molar-refractivity contribution in [1.29, 1.82) is 0 Å². The zero-order chi connectivity index (χ0) is 18.4. The van der Waals surface area contributed by atoms with Gasteiger partial charge in [0, 0.05) is 11.6 Å². The Morgan fingerprint density at radius 1 is 1.04 bits per heavy atom. The van der Waals surface area contributed by atoms with Crippen LogP contribution in [-0.4, -0.2) is 31.6 Å². The van der Waals surface area contributed by atoms with E-state index in [0.29, 0.717) is 17.1 Å². The third-order valence-electron chi connectivity index (χ3n) is 3.93. The molecule has 1 fully saturated rings. The van der Waals surface area contributed by atoms with Crippen molar-refractivity contribution in [2.75, 3.05) is 13.7 Å². The van der Waals surface area contributed by atoms with Gasteiger partial charge in [0.15, 0.2) is 6.61 Å². The van der Waals surface area contributed by atoms with Crippen LogP contribution in [0, 0.1) is 0 Å². The summed E-state index contributed by atoms with van der Waals surface area (Å²) in [6.45, 7) is -0.285. The molecule has 2 aromatic carbocycles. The third-order valence-corrected chi connectivity index (χ3v) is 3.93. The van der Waals surface area contributed by atoms with Crippen LogP contribution in [0.1, 0.15) is 24.5 Å². The first-order valence-electron chi connectivity index (χ1n) is 8.47. The van der Waals surface area contributed by atoms with Crippen molar-refractivity contribution in [1.82, 2.24) is 5.32 Å². The smallest absolute Gasteiger partial charge is 0.345 e. The molecule has 1 atom stereocenters. The standard InChI is InChI=1S/C20H21NO5/c1-24-16-9-11-17(12-10-16)25-13-18(22)26-19(14-5-3-2-4-6-14)20(23)21-15-7-8-15/h2-6,9-12,15,19H,7-8,13H2,1H3,(H,21,23)/t19-/m0/s1. The lowest BCUT2D eigenvalue weighted by Crippen LogP contribution is -2.34. The Labute approximate surface area is 152 Å². The maximum absolute atomic E-state index is 12.4. The molecule has 1 aliphatic carbocycles. The molecule has 0 aliphatic heterocycles. The average Bonchev–Trinajstić information content (AvgIpc) is 3.49. The zero-order valence-electron chi connectivity index (χ0n) is 14.5. The number of methoxy groups -OCH3 is 1. The number of rotatable bonds is 8. The lowest BCUT2D eigenvalue weighted by Gasteiger charge is -2.18. The normalized spacial score (nSPS) is 14.2. The van der Waals surface area contributed by atoms with Crippen molar-refractivity contribution in [2.24, 2.45) is 0 Å². The molecular weight excluding hydrogens is 334 g/mol. The topological polar surface area (TPSA) is 73.9 Å². The van der Waals surface area contributed by atoms with Gasteiger partial charge in [0.2, 0.25) is 6.10 Å². The summed E-state index contributed by atoms with van der Waals surface area (Å²) < 4.78 is 15.9. The van der Waals surface area contributed by atoms with Crippen molar-refractivity contribution in [2.45, 2.75) is 25.0 Å². The minimum atomic E-state index is -0.983. The second-order valence-electron chi connectivity index (χ2n) is 6.03. The summed E-state index contributed by atoms with van der Waals surface area (Å²) in [5.74, 6) is 0.291. The molecule has 0 radical (unpaired) electrons. The number of amides is 1. The molecule has 0 spiro atoms. The molecular formula is C20H21NO5. The van der Waals surface area contributed by atoms with Gasteiger partial charge in [-0.1, -0.05) is 30.3 Å². The van der Waals surface area contributed by atoms with E-state index in [9.17, 15) is 9.59 Å². The van der Waals surface area contributed by atoms with E-state index < -0.39 is 12.1 Å². The first kappa shape index (κ1) is 17.8. The molecule has 1 saturated carbocycles. The highest BCUT2D eigenvalue weighted by molar-refractivity contribution is 5.85. The molecule has 1 N–H and O–H groups in total. The largest absolute Gasteiger partial charge is 0.497 e. The van der Waals surface area contributed by atoms with Crippen LogP contribution in [0.25, 0.3) is 0 Å². The number of benzene rings is 2. The third kappa shape index (κ3) is 4.99. The quantitative estimate of drug-likeness (QED) is 0.737. The van der Waals surface area contributed by atoms with E-state index in [-0.39, 0.29) is 18.6 Å². The van der Waals surface area contributed by atoms with Gasteiger partial charge in [-0.15, -0.1) is 0 Å². The van der Waals surface area contributed by atoms with E-state index in [1.54, 1.807) is 55.6 Å². The van der Waals surface area contributed by atoms with Crippen molar-refractivity contribution >= 4 is 11.9 Å². The van der Waals surface area contributed by atoms with E-state index in [1.165, 1.54) is 0 Å². The summed E-state index contributed by atoms with van der Waals surface area (Å²) in [7, 11) is 1.57. The molecule has 6 heteroatoms. The number of carbonyl (C=O) groups is 2. The first-order chi connectivity index (χ1) is 12.7. The number of nitrogens with one attached hydrogen (secondary N) is 1. The lowest BCUT2D eigenvalue weighted by molar-refractivity contribution is -0.158. The zero-order valence-corrected chi connectivity index (χ0v) is 14.5. The van der Waals surface area contributed by atoms with Crippen LogP contribution in [0.5, 0.6) is 11.5 Å². The number of carbonyl (C=O) groups excluding carboxylic acids is 2. The molecule has 1 amide bonds. The Morgan fingerprint density at radius 3 is 2.31 bits per heavy atom. The van der Waals surface area contributed by atoms with Crippen molar-refractivity contribution in [3.8, 4) is 11.5 Å². The fourth-order valence-corrected chi connectivity index (χ4v) is 2.38. The van der Waals surface area contributed by atoms with E-state index in [4.69, 9.17) is 14.2 Å². The molecule has 0 aromatic heterocycles. The molecule has 1 aliphatic rings. The molecule has 0 unspecified atom stereocenters. The number of esters is 1. The van der Waals surface area contributed by atoms with Crippen LogP contribution in [0.2, 0.25) is 0 Å². The van der Waals surface area contributed by atoms with Gasteiger partial charge in [0.1, 0.15) is 11.5 Å². The molecule has 6 nitrogen and oxygen atoms in total.